The molecule has 2 aromatic rings. The molecule has 0 amide bonds. The molecule has 7 heteroatoms. The second kappa shape index (κ2) is 6.65. The summed E-state index contributed by atoms with van der Waals surface area (Å²) in [7, 11) is 1.34. The van der Waals surface area contributed by atoms with Crippen LogP contribution in [0.5, 0.6) is 0 Å². The van der Waals surface area contributed by atoms with Crippen molar-refractivity contribution in [2.75, 3.05) is 19.0 Å². The molecule has 0 atom stereocenters. The van der Waals surface area contributed by atoms with Gasteiger partial charge in [-0.2, -0.15) is 5.10 Å². The number of nitrogens with one attached hydrogen (secondary N) is 1. The lowest BCUT2D eigenvalue weighted by molar-refractivity contribution is 0.0599. The number of ether oxygens (including phenoxy) is 1. The van der Waals surface area contributed by atoms with Crippen LogP contribution in [0.1, 0.15) is 33.1 Å². The maximum Gasteiger partial charge on any atom is 0.341 e. The number of furan rings is 1. The summed E-state index contributed by atoms with van der Waals surface area (Å²) >= 11 is 0. The maximum absolute atomic E-state index is 11.6. The van der Waals surface area contributed by atoms with Crippen LogP contribution >= 0.6 is 0 Å². The van der Waals surface area contributed by atoms with Gasteiger partial charge >= 0.3 is 5.97 Å². The molecule has 2 heterocycles. The first kappa shape index (κ1) is 16.1. The minimum Gasteiger partial charge on any atom is -0.465 e. The van der Waals surface area contributed by atoms with E-state index in [1.165, 1.54) is 7.11 Å². The fourth-order valence-electron chi connectivity index (χ4n) is 2.27. The zero-order chi connectivity index (χ0) is 16.3. The summed E-state index contributed by atoms with van der Waals surface area (Å²) in [6.07, 6.45) is 0. The standard InChI is InChI=1S/C15H21N3O4/c1-9-10(2)17-18(5-6-19)14(9)16-8-12-7-13(11(3)22-12)15(20)21-4/h7,16,19H,5-6,8H2,1-4H3. The van der Waals surface area contributed by atoms with Crippen LogP contribution in [-0.2, 0) is 17.8 Å². The summed E-state index contributed by atoms with van der Waals surface area (Å²) in [5.74, 6) is 1.58. The number of hydrogen-bond donors (Lipinski definition) is 2. The lowest BCUT2D eigenvalue weighted by atomic mass is 10.2. The Hall–Kier alpha value is -2.28. The SMILES string of the molecule is COC(=O)c1cc(CNc2c(C)c(C)nn2CCO)oc1C. The number of rotatable bonds is 6. The molecular weight excluding hydrogens is 286 g/mol. The molecule has 120 valence electrons. The van der Waals surface area contributed by atoms with Crippen LogP contribution in [0.2, 0.25) is 0 Å². The fraction of sp³-hybridized carbons (Fsp3) is 0.467. The number of esters is 1. The van der Waals surface area contributed by atoms with Crippen molar-refractivity contribution in [2.24, 2.45) is 0 Å². The third kappa shape index (κ3) is 3.14. The van der Waals surface area contributed by atoms with E-state index in [0.717, 1.165) is 17.1 Å². The Morgan fingerprint density at radius 2 is 2.18 bits per heavy atom. The van der Waals surface area contributed by atoms with Crippen molar-refractivity contribution in [1.82, 2.24) is 9.78 Å². The third-order valence-electron chi connectivity index (χ3n) is 3.54. The minimum absolute atomic E-state index is 0.0155. The van der Waals surface area contributed by atoms with Gasteiger partial charge in [0, 0.05) is 5.56 Å². The van der Waals surface area contributed by atoms with Gasteiger partial charge in [-0.05, 0) is 26.8 Å². The largest absolute Gasteiger partial charge is 0.465 e. The van der Waals surface area contributed by atoms with Crippen molar-refractivity contribution in [3.8, 4) is 0 Å². The maximum atomic E-state index is 11.6. The number of carbonyl (C=O) groups is 1. The molecule has 0 saturated carbocycles. The summed E-state index contributed by atoms with van der Waals surface area (Å²) < 4.78 is 12.0. The van der Waals surface area contributed by atoms with E-state index in [0.29, 0.717) is 30.2 Å². The van der Waals surface area contributed by atoms with Gasteiger partial charge in [-0.3, -0.25) is 0 Å². The lowest BCUT2D eigenvalue weighted by Gasteiger charge is -2.08. The van der Waals surface area contributed by atoms with Crippen LogP contribution in [0.4, 0.5) is 5.82 Å². The Morgan fingerprint density at radius 1 is 1.45 bits per heavy atom. The number of aliphatic hydroxyl groups excluding tert-OH is 1. The predicted octanol–water partition coefficient (Wildman–Crippen LogP) is 1.79. The van der Waals surface area contributed by atoms with E-state index in [1.807, 2.05) is 13.8 Å². The lowest BCUT2D eigenvalue weighted by Crippen LogP contribution is -2.10. The average Bonchev–Trinajstić information content (AvgIpc) is 2.98. The Balaban J connectivity index is 2.15. The van der Waals surface area contributed by atoms with Crippen molar-refractivity contribution in [1.29, 1.82) is 0 Å². The number of hydrogen-bond acceptors (Lipinski definition) is 6. The van der Waals surface area contributed by atoms with Crippen molar-refractivity contribution < 1.29 is 19.1 Å². The zero-order valence-corrected chi connectivity index (χ0v) is 13.3. The Labute approximate surface area is 128 Å². The number of nitrogens with zero attached hydrogens (tertiary/aromatic N) is 2. The van der Waals surface area contributed by atoms with Crippen molar-refractivity contribution in [3.05, 3.63) is 34.4 Å². The first-order chi connectivity index (χ1) is 10.5. The number of aromatic nitrogens is 2. The van der Waals surface area contributed by atoms with Gasteiger partial charge in [0.1, 0.15) is 22.9 Å². The Morgan fingerprint density at radius 3 is 2.82 bits per heavy atom. The van der Waals surface area contributed by atoms with E-state index in [9.17, 15) is 4.79 Å². The highest BCUT2D eigenvalue weighted by atomic mass is 16.5. The number of aryl methyl sites for hydroxylation is 2. The summed E-state index contributed by atoms with van der Waals surface area (Å²) in [6, 6.07) is 1.67. The summed E-state index contributed by atoms with van der Waals surface area (Å²) in [4.78, 5) is 11.6. The molecule has 0 radical (unpaired) electrons. The van der Waals surface area contributed by atoms with Crippen molar-refractivity contribution >= 4 is 11.8 Å². The number of carbonyl (C=O) groups excluding carboxylic acids is 1. The summed E-state index contributed by atoms with van der Waals surface area (Å²) in [6.45, 7) is 6.45. The highest BCUT2D eigenvalue weighted by Crippen LogP contribution is 2.21. The molecule has 0 aliphatic carbocycles. The van der Waals surface area contributed by atoms with Crippen LogP contribution in [0, 0.1) is 20.8 Å². The average molecular weight is 307 g/mol. The predicted molar refractivity (Wildman–Crippen MR) is 80.9 cm³/mol. The third-order valence-corrected chi connectivity index (χ3v) is 3.54. The summed E-state index contributed by atoms with van der Waals surface area (Å²) in [5.41, 5.74) is 2.35. The van der Waals surface area contributed by atoms with Crippen LogP contribution in [0.3, 0.4) is 0 Å². The highest BCUT2D eigenvalue weighted by Gasteiger charge is 2.16. The van der Waals surface area contributed by atoms with Gasteiger partial charge in [0.05, 0.1) is 32.5 Å². The molecule has 0 fully saturated rings. The van der Waals surface area contributed by atoms with Crippen LogP contribution in [0.25, 0.3) is 0 Å². The van der Waals surface area contributed by atoms with Gasteiger partial charge < -0.3 is 19.6 Å². The molecular formula is C15H21N3O4. The first-order valence-corrected chi connectivity index (χ1v) is 7.04. The smallest absolute Gasteiger partial charge is 0.341 e. The number of anilines is 1. The molecule has 0 aliphatic rings. The molecule has 22 heavy (non-hydrogen) atoms. The molecule has 2 aromatic heterocycles. The second-order valence-corrected chi connectivity index (χ2v) is 5.03. The van der Waals surface area contributed by atoms with E-state index in [-0.39, 0.29) is 6.61 Å². The second-order valence-electron chi connectivity index (χ2n) is 5.03. The van der Waals surface area contributed by atoms with Gasteiger partial charge in [-0.1, -0.05) is 0 Å². The topological polar surface area (TPSA) is 89.5 Å². The van der Waals surface area contributed by atoms with E-state index in [1.54, 1.807) is 17.7 Å². The molecule has 2 N–H and O–H groups in total. The van der Waals surface area contributed by atoms with E-state index < -0.39 is 5.97 Å². The molecule has 2 rings (SSSR count). The Kier molecular flexibility index (Phi) is 4.87. The Bertz CT molecular complexity index is 673. The van der Waals surface area contributed by atoms with Crippen LogP contribution in [0.15, 0.2) is 10.5 Å². The quantitative estimate of drug-likeness (QED) is 0.791. The number of methoxy groups -OCH3 is 1. The molecule has 0 bridgehead atoms. The molecule has 0 aliphatic heterocycles. The molecule has 0 unspecified atom stereocenters. The van der Waals surface area contributed by atoms with Crippen LogP contribution in [-0.4, -0.2) is 34.6 Å². The van der Waals surface area contributed by atoms with Gasteiger partial charge in [-0.15, -0.1) is 0 Å². The van der Waals surface area contributed by atoms with Gasteiger partial charge in [-0.25, -0.2) is 9.48 Å². The molecule has 0 aromatic carbocycles. The van der Waals surface area contributed by atoms with E-state index >= 15 is 0 Å². The van der Waals surface area contributed by atoms with Crippen molar-refractivity contribution in [3.63, 3.8) is 0 Å². The van der Waals surface area contributed by atoms with Gasteiger partial charge in [0.15, 0.2) is 0 Å². The van der Waals surface area contributed by atoms with E-state index in [2.05, 4.69) is 10.4 Å². The monoisotopic (exact) mass is 307 g/mol. The minimum atomic E-state index is -0.412. The highest BCUT2D eigenvalue weighted by molar-refractivity contribution is 5.90. The molecule has 0 saturated heterocycles. The molecule has 7 nitrogen and oxygen atoms in total. The van der Waals surface area contributed by atoms with E-state index in [4.69, 9.17) is 14.3 Å². The van der Waals surface area contributed by atoms with Crippen LogP contribution < -0.4 is 5.32 Å². The summed E-state index contributed by atoms with van der Waals surface area (Å²) in [5, 5.41) is 16.7. The molecule has 0 spiro atoms. The van der Waals surface area contributed by atoms with Gasteiger partial charge in [0.2, 0.25) is 0 Å². The first-order valence-electron chi connectivity index (χ1n) is 7.04. The number of aliphatic hydroxyl groups is 1. The zero-order valence-electron chi connectivity index (χ0n) is 13.3. The van der Waals surface area contributed by atoms with Gasteiger partial charge in [0.25, 0.3) is 0 Å². The fourth-order valence-corrected chi connectivity index (χ4v) is 2.27. The van der Waals surface area contributed by atoms with Crippen molar-refractivity contribution in [2.45, 2.75) is 33.9 Å². The normalized spacial score (nSPS) is 10.8.